The maximum atomic E-state index is 12.3. The molecule has 0 amide bonds. The van der Waals surface area contributed by atoms with Crippen LogP contribution in [0.15, 0.2) is 29.6 Å². The first kappa shape index (κ1) is 14.8. The molecule has 2 aromatic rings. The van der Waals surface area contributed by atoms with Crippen molar-refractivity contribution in [1.29, 1.82) is 0 Å². The van der Waals surface area contributed by atoms with Crippen LogP contribution in [0.1, 0.15) is 30.9 Å². The van der Waals surface area contributed by atoms with Crippen LogP contribution in [0.25, 0.3) is 0 Å². The quantitative estimate of drug-likeness (QED) is 0.609. The molecule has 0 saturated heterocycles. The Kier molecular flexibility index (Phi) is 4.58. The molecule has 0 aromatic carbocycles. The van der Waals surface area contributed by atoms with E-state index in [-0.39, 0.29) is 10.9 Å². The van der Waals surface area contributed by atoms with Crippen molar-refractivity contribution >= 4 is 10.0 Å². The fourth-order valence-corrected chi connectivity index (χ4v) is 3.22. The van der Waals surface area contributed by atoms with Crippen LogP contribution >= 0.6 is 0 Å². The maximum Gasteiger partial charge on any atom is 0.242 e. The average Bonchev–Trinajstić information content (AvgIpc) is 3.07. The molecule has 0 radical (unpaired) electrons. The van der Waals surface area contributed by atoms with Gasteiger partial charge >= 0.3 is 0 Å². The first-order chi connectivity index (χ1) is 9.56. The zero-order chi connectivity index (χ0) is 14.6. The minimum absolute atomic E-state index is 0.229. The van der Waals surface area contributed by atoms with Crippen molar-refractivity contribution in [3.63, 3.8) is 0 Å². The normalized spacial score (nSPS) is 13.5. The highest BCUT2D eigenvalue weighted by Crippen LogP contribution is 2.17. The summed E-state index contributed by atoms with van der Waals surface area (Å²) in [6, 6.07) is 1.26. The van der Waals surface area contributed by atoms with Gasteiger partial charge in [0, 0.05) is 30.8 Å². The number of sulfonamides is 1. The second kappa shape index (κ2) is 6.21. The first-order valence-electron chi connectivity index (χ1n) is 6.40. The van der Waals surface area contributed by atoms with Crippen molar-refractivity contribution in [2.45, 2.75) is 30.8 Å². The van der Waals surface area contributed by atoms with Gasteiger partial charge in [-0.3, -0.25) is 0 Å². The summed E-state index contributed by atoms with van der Waals surface area (Å²) < 4.78 is 27.3. The monoisotopic (exact) mass is 297 g/mol. The summed E-state index contributed by atoms with van der Waals surface area (Å²) in [5.74, 6) is 0.613. The fraction of sp³-hybridized carbons (Fsp3) is 0.417. The maximum absolute atomic E-state index is 12.3. The van der Waals surface area contributed by atoms with E-state index in [4.69, 9.17) is 0 Å². The summed E-state index contributed by atoms with van der Waals surface area (Å²) in [6.45, 7) is 2.49. The molecule has 0 aliphatic carbocycles. The van der Waals surface area contributed by atoms with Crippen molar-refractivity contribution in [3.05, 3.63) is 36.2 Å². The molecule has 0 bridgehead atoms. The highest BCUT2D eigenvalue weighted by Gasteiger charge is 2.22. The number of nitrogens with one attached hydrogen (secondary N) is 4. The van der Waals surface area contributed by atoms with Crippen LogP contribution in [-0.4, -0.2) is 30.4 Å². The summed E-state index contributed by atoms with van der Waals surface area (Å²) in [6.07, 6.45) is 5.38. The van der Waals surface area contributed by atoms with Gasteiger partial charge in [0.15, 0.2) is 0 Å². The van der Waals surface area contributed by atoms with Crippen LogP contribution in [-0.2, 0) is 16.6 Å². The van der Waals surface area contributed by atoms with Gasteiger partial charge in [-0.1, -0.05) is 6.92 Å². The molecular formula is C12H19N5O2S. The van der Waals surface area contributed by atoms with Crippen LogP contribution in [0, 0.1) is 0 Å². The third kappa shape index (κ3) is 3.27. The van der Waals surface area contributed by atoms with E-state index < -0.39 is 10.0 Å². The van der Waals surface area contributed by atoms with Gasteiger partial charge in [-0.2, -0.15) is 0 Å². The minimum atomic E-state index is -3.56. The van der Waals surface area contributed by atoms with Crippen molar-refractivity contribution < 1.29 is 8.42 Å². The van der Waals surface area contributed by atoms with Crippen LogP contribution < -0.4 is 10.0 Å². The molecule has 20 heavy (non-hydrogen) atoms. The van der Waals surface area contributed by atoms with E-state index in [1.807, 2.05) is 6.92 Å². The lowest BCUT2D eigenvalue weighted by Crippen LogP contribution is -2.28. The Balaban J connectivity index is 2.17. The lowest BCUT2D eigenvalue weighted by Gasteiger charge is -2.14. The Morgan fingerprint density at radius 1 is 1.40 bits per heavy atom. The summed E-state index contributed by atoms with van der Waals surface area (Å²) in [5, 5.41) is 2.96. The van der Waals surface area contributed by atoms with Gasteiger partial charge in [-0.05, 0) is 19.5 Å². The molecular weight excluding hydrogens is 278 g/mol. The second-order valence-corrected chi connectivity index (χ2v) is 6.16. The van der Waals surface area contributed by atoms with Crippen LogP contribution in [0.3, 0.4) is 0 Å². The molecule has 8 heteroatoms. The molecule has 0 aliphatic heterocycles. The van der Waals surface area contributed by atoms with E-state index in [1.54, 1.807) is 25.5 Å². The summed E-state index contributed by atoms with van der Waals surface area (Å²) in [7, 11) is -1.76. The topological polar surface area (TPSA) is 103 Å². The van der Waals surface area contributed by atoms with Crippen LogP contribution in [0.5, 0.6) is 0 Å². The van der Waals surface area contributed by atoms with Gasteiger partial charge in [0.25, 0.3) is 0 Å². The Bertz CT molecular complexity index is 633. The number of H-pyrrole nitrogens is 2. The van der Waals surface area contributed by atoms with E-state index in [9.17, 15) is 8.42 Å². The lowest BCUT2D eigenvalue weighted by molar-refractivity contribution is 0.539. The number of hydrogen-bond acceptors (Lipinski definition) is 4. The highest BCUT2D eigenvalue weighted by atomic mass is 32.2. The zero-order valence-electron chi connectivity index (χ0n) is 11.5. The molecule has 2 rings (SSSR count). The lowest BCUT2D eigenvalue weighted by atomic mass is 10.2. The van der Waals surface area contributed by atoms with E-state index in [2.05, 4.69) is 25.0 Å². The van der Waals surface area contributed by atoms with Gasteiger partial charge in [0.2, 0.25) is 10.0 Å². The Morgan fingerprint density at radius 2 is 2.20 bits per heavy atom. The Labute approximate surface area is 118 Å². The van der Waals surface area contributed by atoms with Gasteiger partial charge < -0.3 is 15.3 Å². The molecule has 2 aromatic heterocycles. The number of rotatable bonds is 7. The first-order valence-corrected chi connectivity index (χ1v) is 7.88. The molecule has 7 nitrogen and oxygen atoms in total. The van der Waals surface area contributed by atoms with Gasteiger partial charge in [-0.25, -0.2) is 18.1 Å². The standard InChI is InChI=1S/C12H19N5O2S/c1-3-11(12-14-4-5-15-12)17-20(18,19)10-6-9(7-13-2)16-8-10/h4-6,8,11,13,16-17H,3,7H2,1-2H3,(H,14,15). The third-order valence-electron chi connectivity index (χ3n) is 2.95. The van der Waals surface area contributed by atoms with Gasteiger partial charge in [0.05, 0.1) is 10.9 Å². The molecule has 110 valence electrons. The molecule has 1 atom stereocenters. The molecule has 0 spiro atoms. The summed E-state index contributed by atoms with van der Waals surface area (Å²) in [4.78, 5) is 10.2. The fourth-order valence-electron chi connectivity index (χ4n) is 1.92. The second-order valence-electron chi connectivity index (χ2n) is 4.45. The van der Waals surface area contributed by atoms with E-state index >= 15 is 0 Å². The molecule has 4 N–H and O–H groups in total. The van der Waals surface area contributed by atoms with Crippen molar-refractivity contribution in [2.75, 3.05) is 7.05 Å². The van der Waals surface area contributed by atoms with Gasteiger partial charge in [-0.15, -0.1) is 0 Å². The number of hydrogen-bond donors (Lipinski definition) is 4. The number of aromatic nitrogens is 3. The highest BCUT2D eigenvalue weighted by molar-refractivity contribution is 7.89. The zero-order valence-corrected chi connectivity index (χ0v) is 12.3. The predicted molar refractivity (Wildman–Crippen MR) is 75.5 cm³/mol. The van der Waals surface area contributed by atoms with Gasteiger partial charge in [0.1, 0.15) is 5.82 Å². The van der Waals surface area contributed by atoms with Crippen molar-refractivity contribution in [3.8, 4) is 0 Å². The Morgan fingerprint density at radius 3 is 2.80 bits per heavy atom. The van der Waals surface area contributed by atoms with Crippen molar-refractivity contribution in [1.82, 2.24) is 25.0 Å². The average molecular weight is 297 g/mol. The molecule has 1 unspecified atom stereocenters. The Hall–Kier alpha value is -1.64. The van der Waals surface area contributed by atoms with E-state index in [0.29, 0.717) is 18.8 Å². The minimum Gasteiger partial charge on any atom is -0.363 e. The van der Waals surface area contributed by atoms with E-state index in [1.165, 1.54) is 6.20 Å². The third-order valence-corrected chi connectivity index (χ3v) is 4.40. The van der Waals surface area contributed by atoms with E-state index in [0.717, 1.165) is 5.69 Å². The smallest absolute Gasteiger partial charge is 0.242 e. The van der Waals surface area contributed by atoms with Crippen LogP contribution in [0.4, 0.5) is 0 Å². The largest absolute Gasteiger partial charge is 0.363 e. The number of aromatic amines is 2. The summed E-state index contributed by atoms with van der Waals surface area (Å²) in [5.41, 5.74) is 0.818. The molecule has 0 saturated carbocycles. The van der Waals surface area contributed by atoms with Crippen molar-refractivity contribution in [2.24, 2.45) is 0 Å². The number of nitrogens with zero attached hydrogens (tertiary/aromatic N) is 1. The molecule has 0 aliphatic rings. The molecule has 2 heterocycles. The predicted octanol–water partition coefficient (Wildman–Crippen LogP) is 0.887. The SMILES string of the molecule is CCC(NS(=O)(=O)c1c[nH]c(CNC)c1)c1ncc[nH]1. The van der Waals surface area contributed by atoms with Crippen LogP contribution in [0.2, 0.25) is 0 Å². The molecule has 0 fully saturated rings. The number of imidazole rings is 1. The summed E-state index contributed by atoms with van der Waals surface area (Å²) >= 11 is 0.